The fourth-order valence-electron chi connectivity index (χ4n) is 5.24. The van der Waals surface area contributed by atoms with E-state index in [0.29, 0.717) is 18.0 Å². The molecule has 1 N–H and O–H groups in total. The Kier molecular flexibility index (Phi) is 6.20. The Hall–Kier alpha value is -2.03. The largest absolute Gasteiger partial charge is 0.381 e. The summed E-state index contributed by atoms with van der Waals surface area (Å²) in [6, 6.07) is 2.15. The van der Waals surface area contributed by atoms with Gasteiger partial charge in [0.2, 0.25) is 0 Å². The number of nitrogens with zero attached hydrogens (tertiary/aromatic N) is 4. The Balaban J connectivity index is 1.37. The van der Waals surface area contributed by atoms with Crippen molar-refractivity contribution in [2.75, 3.05) is 46.1 Å². The van der Waals surface area contributed by atoms with Crippen LogP contribution in [-0.4, -0.2) is 77.4 Å². The molecule has 2 atom stereocenters. The van der Waals surface area contributed by atoms with E-state index in [1.54, 1.807) is 0 Å². The van der Waals surface area contributed by atoms with E-state index < -0.39 is 0 Å². The van der Waals surface area contributed by atoms with Crippen molar-refractivity contribution in [3.05, 3.63) is 23.1 Å². The Morgan fingerprint density at radius 2 is 2.03 bits per heavy atom. The van der Waals surface area contributed by atoms with Gasteiger partial charge in [-0.25, -0.2) is 9.97 Å². The number of morpholine rings is 1. The number of nitrogens with one attached hydrogen (secondary N) is 1. The van der Waals surface area contributed by atoms with Crippen molar-refractivity contribution in [1.29, 1.82) is 0 Å². The molecule has 3 aliphatic rings. The van der Waals surface area contributed by atoms with Crippen LogP contribution < -0.4 is 5.32 Å². The molecule has 2 aromatic heterocycles. The normalized spacial score (nSPS) is 23.5. The van der Waals surface area contributed by atoms with Gasteiger partial charge in [0.25, 0.3) is 5.91 Å². The van der Waals surface area contributed by atoms with Crippen LogP contribution in [0.4, 0.5) is 0 Å². The molecule has 2 saturated heterocycles. The summed E-state index contributed by atoms with van der Waals surface area (Å²) in [7, 11) is 0. The standard InChI is InChI=1S/C23H33N5O3/c1-16-13-18(21-22(25-16)28-7-4-2-3-5-20(28)26-21)23(29)24-14-19(17-6-10-31-15-17)27-8-11-30-12-9-27/h13,17,19H,2-12,14-15H2,1H3,(H,24,29). The third-order valence-corrected chi connectivity index (χ3v) is 6.93. The van der Waals surface area contributed by atoms with E-state index in [2.05, 4.69) is 14.8 Å². The fraction of sp³-hybridized carbons (Fsp3) is 0.696. The van der Waals surface area contributed by atoms with Crippen LogP contribution in [0.15, 0.2) is 6.07 Å². The molecule has 0 spiro atoms. The summed E-state index contributed by atoms with van der Waals surface area (Å²) in [4.78, 5) is 25.4. The van der Waals surface area contributed by atoms with Crippen molar-refractivity contribution in [3.8, 4) is 0 Å². The predicted molar refractivity (Wildman–Crippen MR) is 117 cm³/mol. The highest BCUT2D eigenvalue weighted by Gasteiger charge is 2.32. The summed E-state index contributed by atoms with van der Waals surface area (Å²) in [5.74, 6) is 1.45. The van der Waals surface area contributed by atoms with E-state index in [1.807, 2.05) is 13.0 Å². The van der Waals surface area contributed by atoms with Crippen LogP contribution in [0.2, 0.25) is 0 Å². The van der Waals surface area contributed by atoms with Gasteiger partial charge in [-0.1, -0.05) is 6.42 Å². The minimum absolute atomic E-state index is 0.0547. The Morgan fingerprint density at radius 3 is 2.84 bits per heavy atom. The fourth-order valence-corrected chi connectivity index (χ4v) is 5.24. The second kappa shape index (κ2) is 9.22. The van der Waals surface area contributed by atoms with Gasteiger partial charge in [-0.15, -0.1) is 0 Å². The number of carbonyl (C=O) groups excluding carboxylic acids is 1. The SMILES string of the molecule is Cc1cc(C(=O)NCC(C2CCOC2)N2CCOCC2)c2nc3n(c2n1)CCCCC3. The van der Waals surface area contributed by atoms with Crippen LogP contribution in [0.3, 0.4) is 0 Å². The van der Waals surface area contributed by atoms with Crippen LogP contribution in [-0.2, 0) is 22.4 Å². The summed E-state index contributed by atoms with van der Waals surface area (Å²) >= 11 is 0. The van der Waals surface area contributed by atoms with Crippen molar-refractivity contribution < 1.29 is 14.3 Å². The smallest absolute Gasteiger partial charge is 0.253 e. The van der Waals surface area contributed by atoms with Gasteiger partial charge in [0.15, 0.2) is 5.65 Å². The van der Waals surface area contributed by atoms with E-state index in [0.717, 1.165) is 94.4 Å². The monoisotopic (exact) mass is 427 g/mol. The lowest BCUT2D eigenvalue weighted by atomic mass is 9.96. The first kappa shape index (κ1) is 20.8. The first-order chi connectivity index (χ1) is 15.2. The van der Waals surface area contributed by atoms with Gasteiger partial charge in [-0.3, -0.25) is 9.69 Å². The molecule has 0 aliphatic carbocycles. The minimum Gasteiger partial charge on any atom is -0.381 e. The van der Waals surface area contributed by atoms with E-state index >= 15 is 0 Å². The van der Waals surface area contributed by atoms with Crippen LogP contribution in [0, 0.1) is 12.8 Å². The van der Waals surface area contributed by atoms with Crippen LogP contribution >= 0.6 is 0 Å². The molecule has 8 heteroatoms. The summed E-state index contributed by atoms with van der Waals surface area (Å²) in [5.41, 5.74) is 3.10. The molecular formula is C23H33N5O3. The van der Waals surface area contributed by atoms with E-state index in [-0.39, 0.29) is 11.9 Å². The molecule has 2 fully saturated rings. The second-order valence-corrected chi connectivity index (χ2v) is 9.02. The molecule has 1 amide bonds. The Bertz CT molecular complexity index is 931. The Morgan fingerprint density at radius 1 is 1.16 bits per heavy atom. The maximum absolute atomic E-state index is 13.3. The van der Waals surface area contributed by atoms with Gasteiger partial charge in [-0.05, 0) is 32.3 Å². The number of imidazole rings is 1. The molecule has 31 heavy (non-hydrogen) atoms. The van der Waals surface area contributed by atoms with Crippen molar-refractivity contribution >= 4 is 17.1 Å². The van der Waals surface area contributed by atoms with Crippen molar-refractivity contribution in [1.82, 2.24) is 24.8 Å². The molecule has 8 nitrogen and oxygen atoms in total. The van der Waals surface area contributed by atoms with Gasteiger partial charge < -0.3 is 19.4 Å². The molecule has 2 aromatic rings. The third-order valence-electron chi connectivity index (χ3n) is 6.93. The Labute approximate surface area is 183 Å². The number of amides is 1. The molecule has 0 aromatic carbocycles. The quantitative estimate of drug-likeness (QED) is 0.785. The molecule has 0 bridgehead atoms. The number of hydrogen-bond acceptors (Lipinski definition) is 6. The first-order valence-corrected chi connectivity index (χ1v) is 11.7. The van der Waals surface area contributed by atoms with Gasteiger partial charge in [0.1, 0.15) is 11.3 Å². The van der Waals surface area contributed by atoms with Crippen molar-refractivity contribution in [3.63, 3.8) is 0 Å². The number of carbonyl (C=O) groups is 1. The average Bonchev–Trinajstić information content (AvgIpc) is 3.36. The molecule has 0 radical (unpaired) electrons. The van der Waals surface area contributed by atoms with E-state index in [4.69, 9.17) is 19.4 Å². The highest BCUT2D eigenvalue weighted by atomic mass is 16.5. The second-order valence-electron chi connectivity index (χ2n) is 9.02. The molecule has 5 rings (SSSR count). The molecule has 2 unspecified atom stereocenters. The van der Waals surface area contributed by atoms with Crippen molar-refractivity contribution in [2.45, 2.75) is 51.6 Å². The van der Waals surface area contributed by atoms with Gasteiger partial charge in [0, 0.05) is 56.9 Å². The maximum atomic E-state index is 13.3. The number of hydrogen-bond donors (Lipinski definition) is 1. The van der Waals surface area contributed by atoms with E-state index in [9.17, 15) is 4.79 Å². The number of aryl methyl sites for hydroxylation is 3. The summed E-state index contributed by atoms with van der Waals surface area (Å²) in [6.07, 6.45) is 5.51. The number of aromatic nitrogens is 3. The lowest BCUT2D eigenvalue weighted by Gasteiger charge is -2.37. The van der Waals surface area contributed by atoms with Crippen LogP contribution in [0.25, 0.3) is 11.2 Å². The number of fused-ring (bicyclic) bond motifs is 3. The zero-order chi connectivity index (χ0) is 21.2. The highest BCUT2D eigenvalue weighted by molar-refractivity contribution is 6.04. The van der Waals surface area contributed by atoms with E-state index in [1.165, 1.54) is 6.42 Å². The zero-order valence-electron chi connectivity index (χ0n) is 18.4. The molecule has 5 heterocycles. The van der Waals surface area contributed by atoms with Crippen molar-refractivity contribution in [2.24, 2.45) is 5.92 Å². The van der Waals surface area contributed by atoms with Gasteiger partial charge >= 0.3 is 0 Å². The lowest BCUT2D eigenvalue weighted by molar-refractivity contribution is 0.00167. The van der Waals surface area contributed by atoms with Crippen LogP contribution in [0.5, 0.6) is 0 Å². The predicted octanol–water partition coefficient (Wildman–Crippen LogP) is 1.93. The zero-order valence-corrected chi connectivity index (χ0v) is 18.4. The minimum atomic E-state index is -0.0547. The number of pyridine rings is 1. The first-order valence-electron chi connectivity index (χ1n) is 11.7. The third kappa shape index (κ3) is 4.33. The van der Waals surface area contributed by atoms with Gasteiger partial charge in [0.05, 0.1) is 25.4 Å². The number of ether oxygens (including phenoxy) is 2. The average molecular weight is 428 g/mol. The number of rotatable bonds is 5. The summed E-state index contributed by atoms with van der Waals surface area (Å²) in [5, 5.41) is 3.23. The maximum Gasteiger partial charge on any atom is 0.253 e. The molecule has 168 valence electrons. The summed E-state index contributed by atoms with van der Waals surface area (Å²) < 4.78 is 13.4. The van der Waals surface area contributed by atoms with Gasteiger partial charge in [-0.2, -0.15) is 0 Å². The van der Waals surface area contributed by atoms with Crippen LogP contribution in [0.1, 0.15) is 47.6 Å². The molecule has 0 saturated carbocycles. The highest BCUT2D eigenvalue weighted by Crippen LogP contribution is 2.25. The summed E-state index contributed by atoms with van der Waals surface area (Å²) in [6.45, 7) is 8.40. The molecular weight excluding hydrogens is 394 g/mol. The molecule has 3 aliphatic heterocycles. The topological polar surface area (TPSA) is 81.5 Å². The lowest BCUT2D eigenvalue weighted by Crippen LogP contribution is -2.52.